The number of nitrogens with one attached hydrogen (secondary N) is 1. The molecular weight excluding hydrogens is 312 g/mol. The minimum atomic E-state index is -0.578. The highest BCUT2D eigenvalue weighted by molar-refractivity contribution is 5.80. The zero-order valence-electron chi connectivity index (χ0n) is 14.1. The lowest BCUT2D eigenvalue weighted by Gasteiger charge is -2.15. The van der Waals surface area contributed by atoms with Crippen molar-refractivity contribution in [2.45, 2.75) is 19.6 Å². The van der Waals surface area contributed by atoms with E-state index in [1.807, 2.05) is 60.7 Å². The number of amides is 1. The third-order valence-electron chi connectivity index (χ3n) is 3.81. The largest absolute Gasteiger partial charge is 0.481 e. The molecule has 1 N–H and O–H groups in total. The second-order valence-electron chi connectivity index (χ2n) is 5.69. The molecule has 1 unspecified atom stereocenters. The van der Waals surface area contributed by atoms with Gasteiger partial charge >= 0.3 is 0 Å². The summed E-state index contributed by atoms with van der Waals surface area (Å²) in [6.07, 6.45) is 1.13. The smallest absolute Gasteiger partial charge is 0.261 e. The van der Waals surface area contributed by atoms with Crippen LogP contribution in [0.4, 0.5) is 0 Å². The van der Waals surface area contributed by atoms with E-state index in [1.165, 1.54) is 0 Å². The zero-order chi connectivity index (χ0) is 17.5. The van der Waals surface area contributed by atoms with Crippen molar-refractivity contribution in [3.63, 3.8) is 0 Å². The molecule has 0 spiro atoms. The topological polar surface area (TPSA) is 51.2 Å². The van der Waals surface area contributed by atoms with E-state index in [2.05, 4.69) is 22.4 Å². The molecule has 4 heteroatoms. The van der Waals surface area contributed by atoms with Crippen LogP contribution in [0.15, 0.2) is 79.0 Å². The molecular formula is C21H20N2O2. The molecule has 2 aromatic carbocycles. The third-order valence-corrected chi connectivity index (χ3v) is 3.81. The molecule has 0 aliphatic carbocycles. The quantitative estimate of drug-likeness (QED) is 0.746. The summed E-state index contributed by atoms with van der Waals surface area (Å²) in [4.78, 5) is 16.3. The Bertz CT molecular complexity index is 802. The van der Waals surface area contributed by atoms with Gasteiger partial charge in [0.1, 0.15) is 5.75 Å². The molecule has 0 radical (unpaired) electrons. The van der Waals surface area contributed by atoms with Gasteiger partial charge in [-0.2, -0.15) is 0 Å². The van der Waals surface area contributed by atoms with E-state index in [4.69, 9.17) is 4.74 Å². The van der Waals surface area contributed by atoms with E-state index in [-0.39, 0.29) is 5.91 Å². The van der Waals surface area contributed by atoms with Gasteiger partial charge in [-0.15, -0.1) is 0 Å². The molecule has 0 saturated carbocycles. The highest BCUT2D eigenvalue weighted by Crippen LogP contribution is 2.22. The standard InChI is InChI=1S/C21H20N2O2/c1-16(21(24)23-15-19-9-5-6-14-22-19)25-20-12-10-18(11-13-20)17-7-3-2-4-8-17/h2-14,16H,15H2,1H3,(H,23,24). The summed E-state index contributed by atoms with van der Waals surface area (Å²) in [6, 6.07) is 23.5. The van der Waals surface area contributed by atoms with Crippen LogP contribution in [0.5, 0.6) is 5.75 Å². The van der Waals surface area contributed by atoms with Gasteiger partial charge in [0.2, 0.25) is 0 Å². The number of carbonyl (C=O) groups excluding carboxylic acids is 1. The fraction of sp³-hybridized carbons (Fsp3) is 0.143. The lowest BCUT2D eigenvalue weighted by molar-refractivity contribution is -0.127. The van der Waals surface area contributed by atoms with Gasteiger partial charge in [-0.1, -0.05) is 48.5 Å². The van der Waals surface area contributed by atoms with Crippen molar-refractivity contribution in [2.24, 2.45) is 0 Å². The molecule has 126 valence electrons. The third kappa shape index (κ3) is 4.67. The molecule has 1 atom stereocenters. The first-order valence-electron chi connectivity index (χ1n) is 8.22. The van der Waals surface area contributed by atoms with Gasteiger partial charge in [0.25, 0.3) is 5.91 Å². The average molecular weight is 332 g/mol. The molecule has 0 aliphatic heterocycles. The monoisotopic (exact) mass is 332 g/mol. The predicted molar refractivity (Wildman–Crippen MR) is 98.1 cm³/mol. The second kappa shape index (κ2) is 8.11. The lowest BCUT2D eigenvalue weighted by Crippen LogP contribution is -2.36. The van der Waals surface area contributed by atoms with Gasteiger partial charge < -0.3 is 10.1 Å². The van der Waals surface area contributed by atoms with E-state index in [1.54, 1.807) is 13.1 Å². The Morgan fingerprint density at radius 1 is 0.960 bits per heavy atom. The summed E-state index contributed by atoms with van der Waals surface area (Å²) < 4.78 is 5.72. The minimum Gasteiger partial charge on any atom is -0.481 e. The maximum Gasteiger partial charge on any atom is 0.261 e. The van der Waals surface area contributed by atoms with Crippen LogP contribution < -0.4 is 10.1 Å². The average Bonchev–Trinajstić information content (AvgIpc) is 2.68. The van der Waals surface area contributed by atoms with E-state index in [0.29, 0.717) is 12.3 Å². The molecule has 1 heterocycles. The van der Waals surface area contributed by atoms with Gasteiger partial charge in [-0.3, -0.25) is 9.78 Å². The molecule has 25 heavy (non-hydrogen) atoms. The van der Waals surface area contributed by atoms with Crippen LogP contribution in [-0.4, -0.2) is 17.0 Å². The van der Waals surface area contributed by atoms with Gasteiger partial charge in [-0.05, 0) is 42.3 Å². The van der Waals surface area contributed by atoms with Gasteiger partial charge in [0.15, 0.2) is 6.10 Å². The van der Waals surface area contributed by atoms with Crippen molar-refractivity contribution in [2.75, 3.05) is 0 Å². The Morgan fingerprint density at radius 2 is 1.64 bits per heavy atom. The number of hydrogen-bond acceptors (Lipinski definition) is 3. The number of nitrogens with zero attached hydrogens (tertiary/aromatic N) is 1. The number of pyridine rings is 1. The maximum atomic E-state index is 12.1. The van der Waals surface area contributed by atoms with Crippen LogP contribution in [0.3, 0.4) is 0 Å². The van der Waals surface area contributed by atoms with Crippen LogP contribution in [0, 0.1) is 0 Å². The summed E-state index contributed by atoms with van der Waals surface area (Å²) in [7, 11) is 0. The van der Waals surface area contributed by atoms with Crippen molar-refractivity contribution in [3.8, 4) is 16.9 Å². The van der Waals surface area contributed by atoms with E-state index in [0.717, 1.165) is 16.8 Å². The predicted octanol–water partition coefficient (Wildman–Crippen LogP) is 3.83. The number of hydrogen-bond donors (Lipinski definition) is 1. The SMILES string of the molecule is CC(Oc1ccc(-c2ccccc2)cc1)C(=O)NCc1ccccn1. The first kappa shape index (κ1) is 16.7. The van der Waals surface area contributed by atoms with Gasteiger partial charge in [0, 0.05) is 6.20 Å². The van der Waals surface area contributed by atoms with Crippen molar-refractivity contribution in [3.05, 3.63) is 84.7 Å². The van der Waals surface area contributed by atoms with Crippen molar-refractivity contribution >= 4 is 5.91 Å². The molecule has 4 nitrogen and oxygen atoms in total. The number of benzene rings is 2. The van der Waals surface area contributed by atoms with Gasteiger partial charge in [-0.25, -0.2) is 0 Å². The highest BCUT2D eigenvalue weighted by Gasteiger charge is 2.14. The Labute approximate surface area is 147 Å². The molecule has 0 aliphatic rings. The Morgan fingerprint density at radius 3 is 2.32 bits per heavy atom. The van der Waals surface area contributed by atoms with Crippen LogP contribution in [0.1, 0.15) is 12.6 Å². The fourth-order valence-corrected chi connectivity index (χ4v) is 2.44. The van der Waals surface area contributed by atoms with Crippen LogP contribution in [0.2, 0.25) is 0 Å². The Balaban J connectivity index is 1.55. The molecule has 1 amide bonds. The summed E-state index contributed by atoms with van der Waals surface area (Å²) in [5.74, 6) is 0.498. The van der Waals surface area contributed by atoms with Crippen LogP contribution in [0.25, 0.3) is 11.1 Å². The number of rotatable bonds is 6. The van der Waals surface area contributed by atoms with E-state index >= 15 is 0 Å². The minimum absolute atomic E-state index is 0.169. The first-order chi connectivity index (χ1) is 12.2. The zero-order valence-corrected chi connectivity index (χ0v) is 14.1. The molecule has 3 aromatic rings. The lowest BCUT2D eigenvalue weighted by atomic mass is 10.1. The van der Waals surface area contributed by atoms with Crippen LogP contribution >= 0.6 is 0 Å². The molecule has 0 fully saturated rings. The molecule has 1 aromatic heterocycles. The van der Waals surface area contributed by atoms with Crippen molar-refractivity contribution in [1.29, 1.82) is 0 Å². The summed E-state index contributed by atoms with van der Waals surface area (Å²) in [6.45, 7) is 2.12. The van der Waals surface area contributed by atoms with E-state index < -0.39 is 6.10 Å². The van der Waals surface area contributed by atoms with E-state index in [9.17, 15) is 4.79 Å². The highest BCUT2D eigenvalue weighted by atomic mass is 16.5. The van der Waals surface area contributed by atoms with Crippen molar-refractivity contribution < 1.29 is 9.53 Å². The Hall–Kier alpha value is -3.14. The Kier molecular flexibility index (Phi) is 5.42. The summed E-state index contributed by atoms with van der Waals surface area (Å²) in [5.41, 5.74) is 3.07. The maximum absolute atomic E-state index is 12.1. The molecule has 0 saturated heterocycles. The molecule has 3 rings (SSSR count). The number of carbonyl (C=O) groups is 1. The molecule has 0 bridgehead atoms. The summed E-state index contributed by atoms with van der Waals surface area (Å²) in [5, 5.41) is 2.83. The number of ether oxygens (including phenoxy) is 1. The van der Waals surface area contributed by atoms with Crippen LogP contribution in [-0.2, 0) is 11.3 Å². The summed E-state index contributed by atoms with van der Waals surface area (Å²) >= 11 is 0. The van der Waals surface area contributed by atoms with Crippen molar-refractivity contribution in [1.82, 2.24) is 10.3 Å². The normalized spacial score (nSPS) is 11.6. The number of aromatic nitrogens is 1. The van der Waals surface area contributed by atoms with Gasteiger partial charge in [0.05, 0.1) is 12.2 Å². The first-order valence-corrected chi connectivity index (χ1v) is 8.22. The fourth-order valence-electron chi connectivity index (χ4n) is 2.44. The second-order valence-corrected chi connectivity index (χ2v) is 5.69.